The number of hydrogen-bond acceptors (Lipinski definition) is 3. The van der Waals surface area contributed by atoms with Gasteiger partial charge in [0.2, 0.25) is 0 Å². The Bertz CT molecular complexity index is 463. The average Bonchev–Trinajstić information content (AvgIpc) is 3.02. The van der Waals surface area contributed by atoms with Gasteiger partial charge in [-0.3, -0.25) is 4.90 Å². The van der Waals surface area contributed by atoms with Gasteiger partial charge in [-0.05, 0) is 37.3 Å². The molecule has 0 radical (unpaired) electrons. The predicted octanol–water partition coefficient (Wildman–Crippen LogP) is 2.68. The van der Waals surface area contributed by atoms with Crippen LogP contribution in [0.25, 0.3) is 0 Å². The molecule has 0 amide bonds. The van der Waals surface area contributed by atoms with E-state index in [1.807, 2.05) is 0 Å². The molecule has 3 fully saturated rings. The molecule has 3 heteroatoms. The van der Waals surface area contributed by atoms with Crippen molar-refractivity contribution < 1.29 is 0 Å². The molecule has 0 bridgehead atoms. The van der Waals surface area contributed by atoms with E-state index in [-0.39, 0.29) is 0 Å². The lowest BCUT2D eigenvalue weighted by atomic mass is 9.85. The van der Waals surface area contributed by atoms with Gasteiger partial charge in [0.1, 0.15) is 0 Å². The first-order chi connectivity index (χ1) is 10.9. The molecule has 1 aromatic carbocycles. The van der Waals surface area contributed by atoms with Crippen LogP contribution in [0.4, 0.5) is 5.69 Å². The highest BCUT2D eigenvalue weighted by Gasteiger charge is 2.31. The molecule has 22 heavy (non-hydrogen) atoms. The maximum absolute atomic E-state index is 2.75. The maximum Gasteiger partial charge on any atom is 0.0366 e. The van der Waals surface area contributed by atoms with Crippen molar-refractivity contribution in [2.75, 3.05) is 50.7 Å². The third-order valence-electron chi connectivity index (χ3n) is 5.95. The van der Waals surface area contributed by atoms with Gasteiger partial charge in [0.25, 0.3) is 0 Å². The lowest BCUT2D eigenvalue weighted by Crippen LogP contribution is -2.52. The standard InChI is InChI=1S/C19H29N3/c1-2-7-18(8-3-1)22-10-9-19(16-22)21-13-11-20(12-14-21)15-17-5-4-6-17/h1-3,7-8,17,19H,4-6,9-16H2. The molecule has 1 aliphatic carbocycles. The fourth-order valence-electron chi connectivity index (χ4n) is 4.26. The van der Waals surface area contributed by atoms with Crippen LogP contribution >= 0.6 is 0 Å². The fourth-order valence-corrected chi connectivity index (χ4v) is 4.26. The van der Waals surface area contributed by atoms with Gasteiger partial charge in [0.05, 0.1) is 0 Å². The normalized spacial score (nSPS) is 28.0. The summed E-state index contributed by atoms with van der Waals surface area (Å²) < 4.78 is 0. The van der Waals surface area contributed by atoms with Crippen molar-refractivity contribution in [1.29, 1.82) is 0 Å². The maximum atomic E-state index is 2.75. The van der Waals surface area contributed by atoms with Crippen LogP contribution in [0.5, 0.6) is 0 Å². The highest BCUT2D eigenvalue weighted by atomic mass is 15.3. The third kappa shape index (κ3) is 3.16. The summed E-state index contributed by atoms with van der Waals surface area (Å²) in [7, 11) is 0. The third-order valence-corrected chi connectivity index (χ3v) is 5.95. The van der Waals surface area contributed by atoms with E-state index in [0.717, 1.165) is 12.0 Å². The van der Waals surface area contributed by atoms with Crippen molar-refractivity contribution in [3.63, 3.8) is 0 Å². The van der Waals surface area contributed by atoms with Crippen molar-refractivity contribution in [1.82, 2.24) is 9.80 Å². The second kappa shape index (κ2) is 6.59. The summed E-state index contributed by atoms with van der Waals surface area (Å²) in [6.07, 6.45) is 5.77. The Morgan fingerprint density at radius 1 is 0.864 bits per heavy atom. The Morgan fingerprint density at radius 2 is 1.64 bits per heavy atom. The van der Waals surface area contributed by atoms with Crippen molar-refractivity contribution in [2.45, 2.75) is 31.7 Å². The summed E-state index contributed by atoms with van der Waals surface area (Å²) in [5.41, 5.74) is 1.40. The van der Waals surface area contributed by atoms with Crippen molar-refractivity contribution >= 4 is 5.69 Å². The van der Waals surface area contributed by atoms with Crippen LogP contribution in [0.3, 0.4) is 0 Å². The van der Waals surface area contributed by atoms with Crippen LogP contribution in [-0.2, 0) is 0 Å². The van der Waals surface area contributed by atoms with Gasteiger partial charge in [-0.15, -0.1) is 0 Å². The average molecular weight is 299 g/mol. The Balaban J connectivity index is 1.26. The molecule has 4 rings (SSSR count). The van der Waals surface area contributed by atoms with Crippen LogP contribution in [0, 0.1) is 5.92 Å². The molecule has 0 aromatic heterocycles. The van der Waals surface area contributed by atoms with Crippen LogP contribution < -0.4 is 4.90 Å². The van der Waals surface area contributed by atoms with E-state index in [0.29, 0.717) is 0 Å². The van der Waals surface area contributed by atoms with Crippen molar-refractivity contribution in [2.24, 2.45) is 5.92 Å². The van der Waals surface area contributed by atoms with Crippen LogP contribution in [0.1, 0.15) is 25.7 Å². The number of piperazine rings is 1. The molecule has 0 N–H and O–H groups in total. The smallest absolute Gasteiger partial charge is 0.0366 e. The predicted molar refractivity (Wildman–Crippen MR) is 92.4 cm³/mol. The summed E-state index contributed by atoms with van der Waals surface area (Å²) in [5.74, 6) is 1.02. The lowest BCUT2D eigenvalue weighted by molar-refractivity contribution is 0.0801. The van der Waals surface area contributed by atoms with Gasteiger partial charge in [-0.25, -0.2) is 0 Å². The Labute approximate surface area is 134 Å². The van der Waals surface area contributed by atoms with E-state index >= 15 is 0 Å². The zero-order chi connectivity index (χ0) is 14.8. The van der Waals surface area contributed by atoms with Gasteiger partial charge < -0.3 is 9.80 Å². The molecule has 2 aliphatic heterocycles. The molecule has 2 heterocycles. The Hall–Kier alpha value is -1.06. The quantitative estimate of drug-likeness (QED) is 0.846. The summed E-state index contributed by atoms with van der Waals surface area (Å²) in [5, 5.41) is 0. The molecular formula is C19H29N3. The molecule has 0 spiro atoms. The largest absolute Gasteiger partial charge is 0.370 e. The molecule has 3 nitrogen and oxygen atoms in total. The van der Waals surface area contributed by atoms with E-state index < -0.39 is 0 Å². The molecular weight excluding hydrogens is 270 g/mol. The highest BCUT2D eigenvalue weighted by Crippen LogP contribution is 2.28. The Morgan fingerprint density at radius 3 is 2.32 bits per heavy atom. The highest BCUT2D eigenvalue weighted by molar-refractivity contribution is 5.47. The number of para-hydroxylation sites is 1. The van der Waals surface area contributed by atoms with Crippen molar-refractivity contribution in [3.8, 4) is 0 Å². The van der Waals surface area contributed by atoms with Crippen molar-refractivity contribution in [3.05, 3.63) is 30.3 Å². The van der Waals surface area contributed by atoms with E-state index in [1.165, 1.54) is 77.2 Å². The number of hydrogen-bond donors (Lipinski definition) is 0. The van der Waals surface area contributed by atoms with Crippen LogP contribution in [0.15, 0.2) is 30.3 Å². The Kier molecular flexibility index (Phi) is 4.35. The molecule has 1 aromatic rings. The first-order valence-electron chi connectivity index (χ1n) is 9.15. The van der Waals surface area contributed by atoms with Crippen LogP contribution in [0.2, 0.25) is 0 Å². The minimum Gasteiger partial charge on any atom is -0.370 e. The first kappa shape index (κ1) is 14.5. The van der Waals surface area contributed by atoms with Gasteiger partial charge in [0, 0.05) is 57.5 Å². The number of benzene rings is 1. The lowest BCUT2D eigenvalue weighted by Gasteiger charge is -2.40. The molecule has 2 saturated heterocycles. The van der Waals surface area contributed by atoms with Crippen LogP contribution in [-0.4, -0.2) is 61.7 Å². The zero-order valence-electron chi connectivity index (χ0n) is 13.7. The van der Waals surface area contributed by atoms with Gasteiger partial charge in [-0.2, -0.15) is 0 Å². The van der Waals surface area contributed by atoms with Gasteiger partial charge in [0.15, 0.2) is 0 Å². The molecule has 120 valence electrons. The summed E-state index contributed by atoms with van der Waals surface area (Å²) >= 11 is 0. The topological polar surface area (TPSA) is 9.72 Å². The van der Waals surface area contributed by atoms with E-state index in [9.17, 15) is 0 Å². The van der Waals surface area contributed by atoms with E-state index in [1.54, 1.807) is 0 Å². The van der Waals surface area contributed by atoms with E-state index in [4.69, 9.17) is 0 Å². The minimum absolute atomic E-state index is 0.769. The number of anilines is 1. The summed E-state index contributed by atoms with van der Waals surface area (Å²) in [6, 6.07) is 11.7. The minimum atomic E-state index is 0.769. The molecule has 1 unspecified atom stereocenters. The van der Waals surface area contributed by atoms with Gasteiger partial charge >= 0.3 is 0 Å². The number of rotatable bonds is 4. The molecule has 1 atom stereocenters. The SMILES string of the molecule is c1ccc(N2CCC(N3CCN(CC4CCC4)CC3)C2)cc1. The summed E-state index contributed by atoms with van der Waals surface area (Å²) in [4.78, 5) is 8.02. The molecule has 1 saturated carbocycles. The number of nitrogens with zero attached hydrogens (tertiary/aromatic N) is 3. The summed E-state index contributed by atoms with van der Waals surface area (Å²) in [6.45, 7) is 8.94. The van der Waals surface area contributed by atoms with Gasteiger partial charge in [-0.1, -0.05) is 24.6 Å². The monoisotopic (exact) mass is 299 g/mol. The molecule has 3 aliphatic rings. The van der Waals surface area contributed by atoms with E-state index in [2.05, 4.69) is 45.0 Å². The first-order valence-corrected chi connectivity index (χ1v) is 9.15. The second-order valence-electron chi connectivity index (χ2n) is 7.36. The fraction of sp³-hybridized carbons (Fsp3) is 0.684. The zero-order valence-corrected chi connectivity index (χ0v) is 13.7. The second-order valence-corrected chi connectivity index (χ2v) is 7.36.